The molecule has 4 heteroatoms. The third kappa shape index (κ3) is 3.93. The van der Waals surface area contributed by atoms with E-state index in [0.29, 0.717) is 6.42 Å². The predicted molar refractivity (Wildman–Crippen MR) is 147 cm³/mol. The maximum absolute atomic E-state index is 5.26. The van der Waals surface area contributed by atoms with E-state index < -0.39 is 0 Å². The fourth-order valence-electron chi connectivity index (χ4n) is 4.75. The summed E-state index contributed by atoms with van der Waals surface area (Å²) >= 11 is 0. The van der Waals surface area contributed by atoms with Crippen LogP contribution in [0.3, 0.4) is 0 Å². The standard InChI is InChI=1S/C31H26N4/c1-2-22-21-29(35-27-19-11-9-17-25(27)32-26-18-10-12-20-28(26)35)33-31(24-15-7-4-8-16-24)34-30(22)23-13-5-3-6-14-23/h3-20,32H,2,21H2,1H3. The maximum Gasteiger partial charge on any atom is 0.161 e. The SMILES string of the molecule is CCC1=C(c2ccccc2)N=C(c2ccccc2)N=C(N2c3ccccc3Nc3ccccc32)C1. The van der Waals surface area contributed by atoms with Gasteiger partial charge >= 0.3 is 0 Å². The van der Waals surface area contributed by atoms with Gasteiger partial charge in [0.25, 0.3) is 0 Å². The normalized spacial score (nSPS) is 14.8. The van der Waals surface area contributed by atoms with Crippen molar-refractivity contribution in [3.05, 3.63) is 126 Å². The smallest absolute Gasteiger partial charge is 0.161 e. The number of nitrogens with zero attached hydrogens (tertiary/aromatic N) is 3. The first-order valence-corrected chi connectivity index (χ1v) is 12.1. The summed E-state index contributed by atoms with van der Waals surface area (Å²) < 4.78 is 0. The molecular formula is C31H26N4. The Morgan fingerprint density at radius 3 is 1.80 bits per heavy atom. The van der Waals surface area contributed by atoms with E-state index >= 15 is 0 Å². The summed E-state index contributed by atoms with van der Waals surface area (Å²) in [7, 11) is 0. The third-order valence-corrected chi connectivity index (χ3v) is 6.48. The van der Waals surface area contributed by atoms with Crippen molar-refractivity contribution >= 4 is 40.1 Å². The molecule has 1 N–H and O–H groups in total. The maximum atomic E-state index is 5.26. The molecule has 4 aromatic carbocycles. The van der Waals surface area contributed by atoms with Gasteiger partial charge in [0.15, 0.2) is 5.84 Å². The van der Waals surface area contributed by atoms with Gasteiger partial charge in [-0.05, 0) is 36.3 Å². The fraction of sp³-hybridized carbons (Fsp3) is 0.0968. The van der Waals surface area contributed by atoms with Crippen LogP contribution in [0.5, 0.6) is 0 Å². The molecule has 0 aromatic heterocycles. The van der Waals surface area contributed by atoms with E-state index in [1.54, 1.807) is 0 Å². The zero-order valence-electron chi connectivity index (χ0n) is 19.6. The van der Waals surface area contributed by atoms with Crippen molar-refractivity contribution in [2.24, 2.45) is 9.98 Å². The van der Waals surface area contributed by atoms with Crippen LogP contribution < -0.4 is 10.2 Å². The molecule has 0 unspecified atom stereocenters. The van der Waals surface area contributed by atoms with Gasteiger partial charge in [-0.2, -0.15) is 0 Å². The molecule has 2 aliphatic rings. The molecule has 2 heterocycles. The molecule has 0 atom stereocenters. The van der Waals surface area contributed by atoms with Crippen molar-refractivity contribution in [2.45, 2.75) is 19.8 Å². The molecule has 6 rings (SSSR count). The third-order valence-electron chi connectivity index (χ3n) is 6.48. The zero-order chi connectivity index (χ0) is 23.6. The number of aliphatic imine (C=N–C) groups is 2. The largest absolute Gasteiger partial charge is 0.352 e. The van der Waals surface area contributed by atoms with Crippen molar-refractivity contribution in [1.82, 2.24) is 0 Å². The number of nitrogens with one attached hydrogen (secondary N) is 1. The Bertz CT molecular complexity index is 1420. The van der Waals surface area contributed by atoms with Gasteiger partial charge in [0.1, 0.15) is 5.84 Å². The quantitative estimate of drug-likeness (QED) is 0.341. The van der Waals surface area contributed by atoms with Gasteiger partial charge in [0, 0.05) is 17.5 Å². The fourth-order valence-corrected chi connectivity index (χ4v) is 4.75. The minimum atomic E-state index is 0.712. The van der Waals surface area contributed by atoms with Gasteiger partial charge in [-0.15, -0.1) is 0 Å². The monoisotopic (exact) mass is 454 g/mol. The Morgan fingerprint density at radius 1 is 0.657 bits per heavy atom. The summed E-state index contributed by atoms with van der Waals surface area (Å²) in [5.74, 6) is 1.70. The Hall–Kier alpha value is -4.44. The van der Waals surface area contributed by atoms with Crippen LogP contribution in [-0.4, -0.2) is 11.7 Å². The average molecular weight is 455 g/mol. The number of para-hydroxylation sites is 4. The van der Waals surface area contributed by atoms with Crippen LogP contribution in [0.2, 0.25) is 0 Å². The van der Waals surface area contributed by atoms with E-state index in [4.69, 9.17) is 9.98 Å². The first kappa shape index (κ1) is 21.1. The summed E-state index contributed by atoms with van der Waals surface area (Å²) in [6.07, 6.45) is 1.60. The Labute approximate surface area is 206 Å². The van der Waals surface area contributed by atoms with E-state index in [2.05, 4.69) is 102 Å². The number of benzene rings is 4. The number of hydrogen-bond donors (Lipinski definition) is 1. The van der Waals surface area contributed by atoms with Crippen molar-refractivity contribution < 1.29 is 0 Å². The van der Waals surface area contributed by atoms with E-state index in [9.17, 15) is 0 Å². The molecule has 35 heavy (non-hydrogen) atoms. The van der Waals surface area contributed by atoms with Crippen LogP contribution in [0.4, 0.5) is 22.7 Å². The Morgan fingerprint density at radius 2 is 1.20 bits per heavy atom. The van der Waals surface area contributed by atoms with Gasteiger partial charge in [-0.3, -0.25) is 4.90 Å². The number of fused-ring (bicyclic) bond motifs is 2. The Balaban J connectivity index is 1.58. The lowest BCUT2D eigenvalue weighted by molar-refractivity contribution is 1.04. The van der Waals surface area contributed by atoms with Crippen LogP contribution in [-0.2, 0) is 0 Å². The number of anilines is 4. The van der Waals surface area contributed by atoms with E-state index in [1.807, 2.05) is 24.3 Å². The van der Waals surface area contributed by atoms with Gasteiger partial charge in [-0.25, -0.2) is 9.98 Å². The second kappa shape index (κ2) is 9.07. The van der Waals surface area contributed by atoms with E-state index in [1.165, 1.54) is 5.57 Å². The molecule has 0 fully saturated rings. The predicted octanol–water partition coefficient (Wildman–Crippen LogP) is 7.95. The van der Waals surface area contributed by atoms with Crippen molar-refractivity contribution in [3.8, 4) is 0 Å². The van der Waals surface area contributed by atoms with Crippen molar-refractivity contribution in [2.75, 3.05) is 10.2 Å². The first-order chi connectivity index (χ1) is 17.3. The van der Waals surface area contributed by atoms with Crippen molar-refractivity contribution in [3.63, 3.8) is 0 Å². The van der Waals surface area contributed by atoms with Crippen LogP contribution in [0.1, 0.15) is 30.9 Å². The van der Waals surface area contributed by atoms with E-state index in [-0.39, 0.29) is 0 Å². The molecule has 0 amide bonds. The first-order valence-electron chi connectivity index (χ1n) is 12.1. The molecular weight excluding hydrogens is 428 g/mol. The van der Waals surface area contributed by atoms with Crippen LogP contribution in [0.15, 0.2) is 125 Å². The lowest BCUT2D eigenvalue weighted by Gasteiger charge is -2.34. The zero-order valence-corrected chi connectivity index (χ0v) is 19.6. The van der Waals surface area contributed by atoms with Gasteiger partial charge in [0.05, 0.1) is 28.4 Å². The van der Waals surface area contributed by atoms with Gasteiger partial charge < -0.3 is 5.32 Å². The molecule has 0 radical (unpaired) electrons. The summed E-state index contributed by atoms with van der Waals surface area (Å²) in [6, 6.07) is 37.6. The summed E-state index contributed by atoms with van der Waals surface area (Å²) in [5.41, 5.74) is 8.75. The molecule has 0 saturated carbocycles. The van der Waals surface area contributed by atoms with Gasteiger partial charge in [0.2, 0.25) is 0 Å². The minimum Gasteiger partial charge on any atom is -0.352 e. The highest BCUT2D eigenvalue weighted by Gasteiger charge is 2.28. The topological polar surface area (TPSA) is 40.0 Å². The molecule has 2 aliphatic heterocycles. The van der Waals surface area contributed by atoms with Crippen molar-refractivity contribution in [1.29, 1.82) is 0 Å². The Kier molecular flexibility index (Phi) is 5.47. The lowest BCUT2D eigenvalue weighted by atomic mass is 10.00. The minimum absolute atomic E-state index is 0.712. The summed E-state index contributed by atoms with van der Waals surface area (Å²) in [6.45, 7) is 2.21. The molecule has 4 nitrogen and oxygen atoms in total. The lowest BCUT2D eigenvalue weighted by Crippen LogP contribution is -2.30. The summed E-state index contributed by atoms with van der Waals surface area (Å²) in [4.78, 5) is 12.8. The average Bonchev–Trinajstić information content (AvgIpc) is 3.12. The number of rotatable bonds is 3. The van der Waals surface area contributed by atoms with Gasteiger partial charge in [-0.1, -0.05) is 91.9 Å². The summed E-state index contributed by atoms with van der Waals surface area (Å²) in [5, 5.41) is 3.59. The van der Waals surface area contributed by atoms with Crippen LogP contribution in [0.25, 0.3) is 5.70 Å². The van der Waals surface area contributed by atoms with E-state index in [0.717, 1.165) is 57.7 Å². The second-order valence-corrected chi connectivity index (χ2v) is 8.67. The molecule has 4 aromatic rings. The van der Waals surface area contributed by atoms with Crippen LogP contribution in [0, 0.1) is 0 Å². The number of hydrogen-bond acceptors (Lipinski definition) is 4. The molecule has 170 valence electrons. The highest BCUT2D eigenvalue weighted by molar-refractivity contribution is 6.19. The molecule has 0 aliphatic carbocycles. The molecule has 0 spiro atoms. The molecule has 0 bridgehead atoms. The highest BCUT2D eigenvalue weighted by Crippen LogP contribution is 2.45. The van der Waals surface area contributed by atoms with Crippen LogP contribution >= 0.6 is 0 Å². The molecule has 0 saturated heterocycles. The second-order valence-electron chi connectivity index (χ2n) is 8.67. The highest BCUT2D eigenvalue weighted by atomic mass is 15.3. The number of amidine groups is 2.